The van der Waals surface area contributed by atoms with Gasteiger partial charge in [-0.05, 0) is 38.9 Å². The number of nitrogens with two attached hydrogens (primary N) is 1. The molecule has 0 aromatic carbocycles. The van der Waals surface area contributed by atoms with Gasteiger partial charge in [-0.1, -0.05) is 42.9 Å². The Kier molecular flexibility index (Phi) is 4.07. The Labute approximate surface area is 111 Å². The van der Waals surface area contributed by atoms with Gasteiger partial charge < -0.3 is 10.6 Å². The van der Waals surface area contributed by atoms with Crippen molar-refractivity contribution >= 4 is 0 Å². The van der Waals surface area contributed by atoms with E-state index >= 15 is 0 Å². The molecule has 2 N–H and O–H groups in total. The van der Waals surface area contributed by atoms with Crippen LogP contribution >= 0.6 is 0 Å². The first kappa shape index (κ1) is 13.2. The summed E-state index contributed by atoms with van der Waals surface area (Å²) in [4.78, 5) is 2.31. The third kappa shape index (κ3) is 2.75. The van der Waals surface area contributed by atoms with E-state index < -0.39 is 0 Å². The summed E-state index contributed by atoms with van der Waals surface area (Å²) < 4.78 is 0. The molecule has 98 valence electrons. The average molecular weight is 244 g/mol. The van der Waals surface area contributed by atoms with Gasteiger partial charge in [-0.25, -0.2) is 0 Å². The van der Waals surface area contributed by atoms with E-state index in [0.717, 1.165) is 18.5 Å². The van der Waals surface area contributed by atoms with E-state index in [9.17, 15) is 0 Å². The first-order valence-electron chi connectivity index (χ1n) is 6.75. The van der Waals surface area contributed by atoms with Crippen molar-refractivity contribution in [1.29, 1.82) is 0 Å². The molecule has 0 aliphatic heterocycles. The normalized spacial score (nSPS) is 25.4. The Morgan fingerprint density at radius 1 is 1.33 bits per heavy atom. The van der Waals surface area contributed by atoms with Gasteiger partial charge in [0.2, 0.25) is 0 Å². The van der Waals surface area contributed by atoms with Crippen molar-refractivity contribution < 1.29 is 0 Å². The van der Waals surface area contributed by atoms with Crippen molar-refractivity contribution in [2.45, 2.75) is 25.8 Å². The van der Waals surface area contributed by atoms with Crippen molar-refractivity contribution in [2.24, 2.45) is 17.6 Å². The van der Waals surface area contributed by atoms with Gasteiger partial charge in [0.15, 0.2) is 0 Å². The van der Waals surface area contributed by atoms with Crippen LogP contribution < -0.4 is 5.73 Å². The molecule has 2 aliphatic rings. The lowest BCUT2D eigenvalue weighted by Gasteiger charge is -2.32. The first-order chi connectivity index (χ1) is 8.59. The zero-order chi connectivity index (χ0) is 13.1. The monoisotopic (exact) mass is 244 g/mol. The molecule has 0 spiro atoms. The maximum atomic E-state index is 6.09. The molecule has 0 heterocycles. The fourth-order valence-corrected chi connectivity index (χ4v) is 2.88. The highest BCUT2D eigenvalue weighted by Crippen LogP contribution is 2.30. The van der Waals surface area contributed by atoms with Crippen LogP contribution in [0.3, 0.4) is 0 Å². The lowest BCUT2D eigenvalue weighted by atomic mass is 9.86. The largest absolute Gasteiger partial charge is 0.402 e. The lowest BCUT2D eigenvalue weighted by molar-refractivity contribution is 0.224. The van der Waals surface area contributed by atoms with Crippen LogP contribution in [-0.4, -0.2) is 25.0 Å². The molecule has 0 radical (unpaired) electrons. The molecule has 2 aliphatic carbocycles. The Morgan fingerprint density at radius 3 is 2.61 bits per heavy atom. The highest BCUT2D eigenvalue weighted by Gasteiger charge is 2.27. The first-order valence-corrected chi connectivity index (χ1v) is 6.75. The molecule has 0 saturated carbocycles. The third-order valence-corrected chi connectivity index (χ3v) is 4.10. The molecule has 0 amide bonds. The van der Waals surface area contributed by atoms with Crippen molar-refractivity contribution in [1.82, 2.24) is 4.90 Å². The van der Waals surface area contributed by atoms with Crippen LogP contribution in [0.15, 0.2) is 47.7 Å². The Morgan fingerprint density at radius 2 is 2.11 bits per heavy atom. The second kappa shape index (κ2) is 5.57. The van der Waals surface area contributed by atoms with E-state index in [-0.39, 0.29) is 0 Å². The summed E-state index contributed by atoms with van der Waals surface area (Å²) in [5.74, 6) is 0.992. The summed E-state index contributed by atoms with van der Waals surface area (Å²) in [5.41, 5.74) is 8.64. The van der Waals surface area contributed by atoms with E-state index in [4.69, 9.17) is 5.73 Å². The van der Waals surface area contributed by atoms with Crippen LogP contribution in [0.4, 0.5) is 0 Å². The topological polar surface area (TPSA) is 29.3 Å². The minimum absolute atomic E-state index is 0.373. The maximum Gasteiger partial charge on any atom is 0.0323 e. The Bertz CT molecular complexity index is 413. The number of nitrogens with zero attached hydrogens (tertiary/aromatic N) is 1. The summed E-state index contributed by atoms with van der Waals surface area (Å²) in [5, 5.41) is 0. The second-order valence-corrected chi connectivity index (χ2v) is 5.62. The van der Waals surface area contributed by atoms with Crippen LogP contribution in [0.2, 0.25) is 0 Å². The standard InChI is InChI=1S/C16H24N2/c1-12(13-7-4-5-8-13)11-16(18(2)3)14-9-6-10-15(14)17/h4-7,9-10,12,14,16H,8,11,17H2,1-3H3/t12-,14?,16-/m1/s1. The fourth-order valence-electron chi connectivity index (χ4n) is 2.88. The minimum atomic E-state index is 0.373. The van der Waals surface area contributed by atoms with E-state index in [1.165, 1.54) is 0 Å². The Hall–Kier alpha value is -1.28. The molecule has 18 heavy (non-hydrogen) atoms. The van der Waals surface area contributed by atoms with E-state index in [2.05, 4.69) is 56.3 Å². The molecule has 1 unspecified atom stereocenters. The van der Waals surface area contributed by atoms with E-state index in [0.29, 0.717) is 17.9 Å². The molecule has 0 saturated heterocycles. The molecular formula is C16H24N2. The predicted octanol–water partition coefficient (Wildman–Crippen LogP) is 2.86. The van der Waals surface area contributed by atoms with Gasteiger partial charge in [-0.2, -0.15) is 0 Å². The summed E-state index contributed by atoms with van der Waals surface area (Å²) in [7, 11) is 4.30. The van der Waals surface area contributed by atoms with Gasteiger partial charge >= 0.3 is 0 Å². The van der Waals surface area contributed by atoms with Gasteiger partial charge in [-0.15, -0.1) is 0 Å². The zero-order valence-electron chi connectivity index (χ0n) is 11.6. The van der Waals surface area contributed by atoms with Crippen LogP contribution in [0.5, 0.6) is 0 Å². The van der Waals surface area contributed by atoms with Crippen LogP contribution in [0, 0.1) is 11.8 Å². The van der Waals surface area contributed by atoms with Crippen LogP contribution in [0.25, 0.3) is 0 Å². The average Bonchev–Trinajstić information content (AvgIpc) is 2.96. The van der Waals surface area contributed by atoms with Crippen LogP contribution in [-0.2, 0) is 0 Å². The van der Waals surface area contributed by atoms with Gasteiger partial charge in [0.1, 0.15) is 0 Å². The molecule has 0 aromatic rings. The second-order valence-electron chi connectivity index (χ2n) is 5.62. The van der Waals surface area contributed by atoms with E-state index in [1.54, 1.807) is 5.57 Å². The zero-order valence-corrected chi connectivity index (χ0v) is 11.6. The highest BCUT2D eigenvalue weighted by molar-refractivity contribution is 5.28. The van der Waals surface area contributed by atoms with Crippen molar-refractivity contribution in [3.8, 4) is 0 Å². The smallest absolute Gasteiger partial charge is 0.0323 e. The van der Waals surface area contributed by atoms with Gasteiger partial charge in [0, 0.05) is 17.7 Å². The molecule has 0 fully saturated rings. The predicted molar refractivity (Wildman–Crippen MR) is 78.0 cm³/mol. The molecule has 2 heteroatoms. The number of rotatable bonds is 5. The summed E-state index contributed by atoms with van der Waals surface area (Å²) in [6.45, 7) is 2.33. The summed E-state index contributed by atoms with van der Waals surface area (Å²) in [6, 6.07) is 0.483. The van der Waals surface area contributed by atoms with Gasteiger partial charge in [0.25, 0.3) is 0 Å². The van der Waals surface area contributed by atoms with Crippen molar-refractivity contribution in [3.05, 3.63) is 47.7 Å². The molecule has 2 rings (SSSR count). The Balaban J connectivity index is 2.03. The maximum absolute atomic E-state index is 6.09. The third-order valence-electron chi connectivity index (χ3n) is 4.10. The minimum Gasteiger partial charge on any atom is -0.402 e. The molecule has 2 nitrogen and oxygen atoms in total. The molecule has 3 atom stereocenters. The molecule has 0 aromatic heterocycles. The highest BCUT2D eigenvalue weighted by atomic mass is 15.1. The van der Waals surface area contributed by atoms with Gasteiger partial charge in [0.05, 0.1) is 0 Å². The van der Waals surface area contributed by atoms with Crippen molar-refractivity contribution in [3.63, 3.8) is 0 Å². The lowest BCUT2D eigenvalue weighted by Crippen LogP contribution is -2.37. The molecular weight excluding hydrogens is 220 g/mol. The quantitative estimate of drug-likeness (QED) is 0.806. The summed E-state index contributed by atoms with van der Waals surface area (Å²) in [6.07, 6.45) is 15.3. The molecule has 0 bridgehead atoms. The number of hydrogen-bond acceptors (Lipinski definition) is 2. The number of hydrogen-bond donors (Lipinski definition) is 1. The van der Waals surface area contributed by atoms with Crippen LogP contribution in [0.1, 0.15) is 19.8 Å². The van der Waals surface area contributed by atoms with E-state index in [1.807, 2.05) is 6.08 Å². The number of allylic oxidation sites excluding steroid dienone is 6. The van der Waals surface area contributed by atoms with Gasteiger partial charge in [-0.3, -0.25) is 0 Å². The SMILES string of the molecule is C[C@H](C[C@H](C1C=CC=C1N)N(C)C)C1=CC=CC1. The fraction of sp³-hybridized carbons (Fsp3) is 0.500. The summed E-state index contributed by atoms with van der Waals surface area (Å²) >= 11 is 0. The van der Waals surface area contributed by atoms with Crippen molar-refractivity contribution in [2.75, 3.05) is 14.1 Å².